The molecule has 0 spiro atoms. The molecular weight excluding hydrogens is 613 g/mol. The molecule has 0 fully saturated rings. The SMILES string of the molecule is CCC/C=C\CCCCCCCC(=O)OC(COCCCCCCCC/C=C\CCCCCCC)COP(=O)(O)OCC[N+](C)(C)C. The number of allylic oxidation sites excluding steroid dienone is 4. The molecule has 0 aromatic rings. The number of unbranched alkanes of at least 4 members (excludes halogenated alkanes) is 17. The Morgan fingerprint density at radius 3 is 1.70 bits per heavy atom. The van der Waals surface area contributed by atoms with Crippen LogP contribution in [-0.2, 0) is 27.9 Å². The molecule has 0 aliphatic carbocycles. The van der Waals surface area contributed by atoms with Crippen LogP contribution in [0.25, 0.3) is 0 Å². The first-order chi connectivity index (χ1) is 22.6. The van der Waals surface area contributed by atoms with E-state index in [9.17, 15) is 14.3 Å². The molecule has 9 heteroatoms. The van der Waals surface area contributed by atoms with Crippen LogP contribution in [0.3, 0.4) is 0 Å². The molecule has 0 aliphatic heterocycles. The van der Waals surface area contributed by atoms with Gasteiger partial charge in [0, 0.05) is 13.0 Å². The number of phosphoric acid groups is 1. The smallest absolute Gasteiger partial charge is 0.457 e. The molecule has 0 heterocycles. The Bertz CT molecular complexity index is 812. The zero-order valence-electron chi connectivity index (χ0n) is 31.3. The first-order valence-corrected chi connectivity index (χ1v) is 20.6. The third-order valence-corrected chi connectivity index (χ3v) is 8.95. The van der Waals surface area contributed by atoms with Crippen LogP contribution in [0.15, 0.2) is 24.3 Å². The number of esters is 1. The summed E-state index contributed by atoms with van der Waals surface area (Å²) in [4.78, 5) is 22.7. The minimum Gasteiger partial charge on any atom is -0.457 e. The fourth-order valence-electron chi connectivity index (χ4n) is 4.96. The van der Waals surface area contributed by atoms with Gasteiger partial charge >= 0.3 is 13.8 Å². The molecule has 0 bridgehead atoms. The third-order valence-electron chi connectivity index (χ3n) is 7.97. The molecule has 47 heavy (non-hydrogen) atoms. The Morgan fingerprint density at radius 1 is 0.638 bits per heavy atom. The van der Waals surface area contributed by atoms with Gasteiger partial charge in [0.1, 0.15) is 19.3 Å². The second kappa shape index (κ2) is 32.2. The summed E-state index contributed by atoms with van der Waals surface area (Å²) in [6.07, 6.45) is 33.5. The molecule has 0 aromatic heterocycles. The number of hydrogen-bond donors (Lipinski definition) is 1. The molecule has 2 atom stereocenters. The number of quaternary nitrogens is 1. The van der Waals surface area contributed by atoms with E-state index < -0.39 is 13.9 Å². The predicted octanol–water partition coefficient (Wildman–Crippen LogP) is 10.5. The van der Waals surface area contributed by atoms with Crippen LogP contribution < -0.4 is 0 Å². The summed E-state index contributed by atoms with van der Waals surface area (Å²) in [6, 6.07) is 0. The van der Waals surface area contributed by atoms with Crippen LogP contribution in [0, 0.1) is 0 Å². The molecule has 0 aliphatic rings. The predicted molar refractivity (Wildman–Crippen MR) is 197 cm³/mol. The summed E-state index contributed by atoms with van der Waals surface area (Å²) in [7, 11) is 1.66. The van der Waals surface area contributed by atoms with Crippen molar-refractivity contribution in [1.82, 2.24) is 0 Å². The molecule has 0 aromatic carbocycles. The minimum atomic E-state index is -4.27. The maximum Gasteiger partial charge on any atom is 0.472 e. The molecule has 0 rings (SSSR count). The molecule has 2 unspecified atom stereocenters. The highest BCUT2D eigenvalue weighted by Gasteiger charge is 2.26. The van der Waals surface area contributed by atoms with Gasteiger partial charge in [0.25, 0.3) is 0 Å². The lowest BCUT2D eigenvalue weighted by Gasteiger charge is -2.24. The fraction of sp³-hybridized carbons (Fsp3) is 0.868. The Kier molecular flexibility index (Phi) is 31.5. The Labute approximate surface area is 290 Å². The Balaban J connectivity index is 4.29. The number of likely N-dealkylation sites (N-methyl/N-ethyl adjacent to an activating group) is 1. The number of nitrogens with zero attached hydrogens (tertiary/aromatic N) is 1. The highest BCUT2D eigenvalue weighted by atomic mass is 31.2. The van der Waals surface area contributed by atoms with E-state index in [2.05, 4.69) is 38.2 Å². The number of phosphoric ester groups is 1. The van der Waals surface area contributed by atoms with Crippen LogP contribution in [0.4, 0.5) is 0 Å². The topological polar surface area (TPSA) is 91.3 Å². The van der Waals surface area contributed by atoms with Gasteiger partial charge in [-0.2, -0.15) is 0 Å². The lowest BCUT2D eigenvalue weighted by atomic mass is 10.1. The molecule has 8 nitrogen and oxygen atoms in total. The van der Waals surface area contributed by atoms with E-state index in [-0.39, 0.29) is 25.8 Å². The summed E-state index contributed by atoms with van der Waals surface area (Å²) in [5, 5.41) is 0. The largest absolute Gasteiger partial charge is 0.472 e. The average Bonchev–Trinajstić information content (AvgIpc) is 3.01. The van der Waals surface area contributed by atoms with Gasteiger partial charge in [0.05, 0.1) is 34.4 Å². The summed E-state index contributed by atoms with van der Waals surface area (Å²) in [5.74, 6) is -0.328. The van der Waals surface area contributed by atoms with Crippen LogP contribution in [0.5, 0.6) is 0 Å². The lowest BCUT2D eigenvalue weighted by molar-refractivity contribution is -0.870. The van der Waals surface area contributed by atoms with E-state index in [0.29, 0.717) is 24.1 Å². The zero-order valence-corrected chi connectivity index (χ0v) is 32.2. The van der Waals surface area contributed by atoms with Crippen molar-refractivity contribution in [3.05, 3.63) is 24.3 Å². The first kappa shape index (κ1) is 46.0. The molecule has 0 saturated carbocycles. The summed E-state index contributed by atoms with van der Waals surface area (Å²) in [6.45, 7) is 5.52. The lowest BCUT2D eigenvalue weighted by Crippen LogP contribution is -2.37. The average molecular weight is 689 g/mol. The van der Waals surface area contributed by atoms with E-state index in [1.54, 1.807) is 0 Å². The zero-order chi connectivity index (χ0) is 34.9. The summed E-state index contributed by atoms with van der Waals surface area (Å²) >= 11 is 0. The maximum absolute atomic E-state index is 12.6. The van der Waals surface area contributed by atoms with Gasteiger partial charge in [0.2, 0.25) is 0 Å². The van der Waals surface area contributed by atoms with Crippen molar-refractivity contribution in [3.8, 4) is 0 Å². The van der Waals surface area contributed by atoms with Crippen LogP contribution in [-0.4, -0.2) is 75.6 Å². The van der Waals surface area contributed by atoms with Crippen molar-refractivity contribution >= 4 is 13.8 Å². The van der Waals surface area contributed by atoms with E-state index in [0.717, 1.165) is 51.4 Å². The van der Waals surface area contributed by atoms with Crippen LogP contribution in [0.1, 0.15) is 155 Å². The molecule has 0 radical (unpaired) electrons. The quantitative estimate of drug-likeness (QED) is 0.0233. The Hall–Kier alpha value is -1.02. The van der Waals surface area contributed by atoms with Crippen molar-refractivity contribution < 1.29 is 37.3 Å². The van der Waals surface area contributed by atoms with Gasteiger partial charge in [-0.25, -0.2) is 4.57 Å². The number of ether oxygens (including phenoxy) is 2. The van der Waals surface area contributed by atoms with Gasteiger partial charge in [-0.15, -0.1) is 0 Å². The van der Waals surface area contributed by atoms with Gasteiger partial charge in [0.15, 0.2) is 0 Å². The van der Waals surface area contributed by atoms with E-state index >= 15 is 0 Å². The number of hydrogen-bond acceptors (Lipinski definition) is 6. The number of rotatable bonds is 35. The summed E-state index contributed by atoms with van der Waals surface area (Å²) in [5.41, 5.74) is 0. The number of carbonyl (C=O) groups is 1. The number of carbonyl (C=O) groups excluding carboxylic acids is 1. The molecule has 1 N–H and O–H groups in total. The first-order valence-electron chi connectivity index (χ1n) is 19.1. The molecule has 278 valence electrons. The third kappa shape index (κ3) is 36.1. The Morgan fingerprint density at radius 2 is 1.15 bits per heavy atom. The van der Waals surface area contributed by atoms with E-state index in [4.69, 9.17) is 18.5 Å². The van der Waals surface area contributed by atoms with Crippen molar-refractivity contribution in [2.24, 2.45) is 0 Å². The maximum atomic E-state index is 12.6. The van der Waals surface area contributed by atoms with Crippen molar-refractivity contribution in [3.63, 3.8) is 0 Å². The fourth-order valence-corrected chi connectivity index (χ4v) is 5.70. The van der Waals surface area contributed by atoms with Gasteiger partial charge in [-0.1, -0.05) is 115 Å². The second-order valence-corrected chi connectivity index (χ2v) is 15.4. The van der Waals surface area contributed by atoms with Crippen LogP contribution >= 0.6 is 7.82 Å². The van der Waals surface area contributed by atoms with E-state index in [1.807, 2.05) is 21.1 Å². The highest BCUT2D eigenvalue weighted by molar-refractivity contribution is 7.47. The molecule has 0 amide bonds. The van der Waals surface area contributed by atoms with Gasteiger partial charge in [-0.05, 0) is 57.8 Å². The van der Waals surface area contributed by atoms with Gasteiger partial charge in [-0.3, -0.25) is 13.8 Å². The normalized spacial score (nSPS) is 14.3. The minimum absolute atomic E-state index is 0.0865. The molecular formula is C38H75NO7P+. The highest BCUT2D eigenvalue weighted by Crippen LogP contribution is 2.43. The van der Waals surface area contributed by atoms with E-state index in [1.165, 1.54) is 83.5 Å². The second-order valence-electron chi connectivity index (χ2n) is 13.9. The standard InChI is InChI=1S/C38H74NO7P/c1-6-8-10-12-14-16-18-19-20-21-22-24-26-28-30-33-43-35-37(36-45-47(41,42)44-34-32-39(3,4)5)46-38(40)31-29-27-25-23-17-15-13-11-9-7-2/h11,13,18-19,37H,6-10,12,14-17,20-36H2,1-5H3/p+1/b13-11-,19-18-. The summed E-state index contributed by atoms with van der Waals surface area (Å²) < 4.78 is 34.8. The monoisotopic (exact) mass is 689 g/mol. The van der Waals surface area contributed by atoms with Crippen molar-refractivity contribution in [2.75, 3.05) is 54.1 Å². The van der Waals surface area contributed by atoms with Crippen LogP contribution in [0.2, 0.25) is 0 Å². The van der Waals surface area contributed by atoms with Gasteiger partial charge < -0.3 is 18.9 Å². The van der Waals surface area contributed by atoms with Crippen molar-refractivity contribution in [2.45, 2.75) is 161 Å². The van der Waals surface area contributed by atoms with Crippen molar-refractivity contribution in [1.29, 1.82) is 0 Å². The molecule has 0 saturated heterocycles.